The van der Waals surface area contributed by atoms with Gasteiger partial charge in [-0.1, -0.05) is 48.2 Å². The molecule has 0 radical (unpaired) electrons. The molecule has 0 saturated heterocycles. The average Bonchev–Trinajstić information content (AvgIpc) is 2.54. The number of nitriles is 1. The molecule has 0 atom stereocenters. The Kier molecular flexibility index (Phi) is 5.56. The van der Waals surface area contributed by atoms with Crippen LogP contribution in [-0.4, -0.2) is 11.9 Å². The second-order valence-electron chi connectivity index (χ2n) is 4.44. The predicted molar refractivity (Wildman–Crippen MR) is 88.3 cm³/mol. The summed E-state index contributed by atoms with van der Waals surface area (Å²) >= 11 is 1.51. The van der Waals surface area contributed by atoms with Gasteiger partial charge in [-0.15, -0.1) is 0 Å². The van der Waals surface area contributed by atoms with Gasteiger partial charge in [-0.25, -0.2) is 4.79 Å². The van der Waals surface area contributed by atoms with Crippen molar-refractivity contribution >= 4 is 29.8 Å². The molecule has 23 heavy (non-hydrogen) atoms. The van der Waals surface area contributed by atoms with Gasteiger partial charge in [0.25, 0.3) is 5.91 Å². The largest absolute Gasteiger partial charge is 0.351 e. The Hall–Kier alpha value is -3.04. The summed E-state index contributed by atoms with van der Waals surface area (Å²) in [5.74, 6) is -0.820. The standard InChI is InChI=1S/C17H13N3O2S/c18-11-13(16(21)20-17(19)22)10-12-6-4-5-9-15(12)23-14-7-2-1-3-8-14/h1-10H,(H3,19,20,21,22)/b13-10+. The SMILES string of the molecule is N#C/C(=C\c1ccccc1Sc1ccccc1)C(=O)NC(N)=O. The third-order valence-electron chi connectivity index (χ3n) is 2.79. The lowest BCUT2D eigenvalue weighted by Crippen LogP contribution is -2.35. The number of rotatable bonds is 4. The average molecular weight is 323 g/mol. The maximum Gasteiger partial charge on any atom is 0.319 e. The second-order valence-corrected chi connectivity index (χ2v) is 5.56. The van der Waals surface area contributed by atoms with Crippen molar-refractivity contribution in [1.29, 1.82) is 5.26 Å². The van der Waals surface area contributed by atoms with Crippen LogP contribution in [0.4, 0.5) is 4.79 Å². The van der Waals surface area contributed by atoms with Crippen LogP contribution in [0.3, 0.4) is 0 Å². The number of amides is 3. The van der Waals surface area contributed by atoms with E-state index in [9.17, 15) is 9.59 Å². The molecule has 0 aliphatic carbocycles. The number of nitrogens with zero attached hydrogens (tertiary/aromatic N) is 1. The third kappa shape index (κ3) is 4.73. The van der Waals surface area contributed by atoms with Crippen LogP contribution in [0, 0.1) is 11.3 Å². The van der Waals surface area contributed by atoms with E-state index < -0.39 is 11.9 Å². The molecule has 5 nitrogen and oxygen atoms in total. The summed E-state index contributed by atoms with van der Waals surface area (Å²) in [5.41, 5.74) is 5.42. The molecule has 0 unspecified atom stereocenters. The normalized spacial score (nSPS) is 10.7. The molecule has 0 bridgehead atoms. The van der Waals surface area contributed by atoms with Crippen LogP contribution in [0.25, 0.3) is 6.08 Å². The lowest BCUT2D eigenvalue weighted by atomic mass is 10.1. The van der Waals surface area contributed by atoms with Crippen LogP contribution in [0.15, 0.2) is 70.0 Å². The van der Waals surface area contributed by atoms with Crippen molar-refractivity contribution in [1.82, 2.24) is 5.32 Å². The summed E-state index contributed by atoms with van der Waals surface area (Å²) in [7, 11) is 0. The first kappa shape index (κ1) is 16.3. The van der Waals surface area contributed by atoms with Gasteiger partial charge in [-0.05, 0) is 29.8 Å². The zero-order valence-electron chi connectivity index (χ0n) is 12.0. The van der Waals surface area contributed by atoms with Gasteiger partial charge in [0.15, 0.2) is 0 Å². The number of imide groups is 1. The molecule has 0 aliphatic rings. The van der Waals surface area contributed by atoms with Crippen molar-refractivity contribution in [3.05, 3.63) is 65.7 Å². The fraction of sp³-hybridized carbons (Fsp3) is 0. The van der Waals surface area contributed by atoms with Crippen LogP contribution in [0.2, 0.25) is 0 Å². The fourth-order valence-electron chi connectivity index (χ4n) is 1.79. The van der Waals surface area contributed by atoms with E-state index in [0.717, 1.165) is 9.79 Å². The van der Waals surface area contributed by atoms with Gasteiger partial charge in [-0.3, -0.25) is 10.1 Å². The van der Waals surface area contributed by atoms with Gasteiger partial charge >= 0.3 is 6.03 Å². The first-order valence-corrected chi connectivity index (χ1v) is 7.46. The quantitative estimate of drug-likeness (QED) is 0.668. The van der Waals surface area contributed by atoms with E-state index in [0.29, 0.717) is 5.56 Å². The molecule has 0 heterocycles. The third-order valence-corrected chi connectivity index (χ3v) is 3.89. The summed E-state index contributed by atoms with van der Waals surface area (Å²) in [6, 6.07) is 17.9. The Balaban J connectivity index is 2.32. The van der Waals surface area contributed by atoms with Gasteiger partial charge in [0.05, 0.1) is 0 Å². The number of carbonyl (C=O) groups is 2. The summed E-state index contributed by atoms with van der Waals surface area (Å²) in [5, 5.41) is 11.0. The summed E-state index contributed by atoms with van der Waals surface area (Å²) < 4.78 is 0. The number of urea groups is 1. The molecule has 3 N–H and O–H groups in total. The van der Waals surface area contributed by atoms with Crippen LogP contribution < -0.4 is 11.1 Å². The molecule has 0 saturated carbocycles. The van der Waals surface area contributed by atoms with Gasteiger partial charge in [-0.2, -0.15) is 5.26 Å². The minimum atomic E-state index is -0.997. The highest BCUT2D eigenvalue weighted by molar-refractivity contribution is 7.99. The Bertz CT molecular complexity index is 795. The minimum absolute atomic E-state index is 0.190. The molecule has 0 fully saturated rings. The molecule has 114 valence electrons. The van der Waals surface area contributed by atoms with E-state index in [-0.39, 0.29) is 5.57 Å². The van der Waals surface area contributed by atoms with Gasteiger partial charge < -0.3 is 5.73 Å². The minimum Gasteiger partial charge on any atom is -0.351 e. The first-order chi connectivity index (χ1) is 11.1. The molecular weight excluding hydrogens is 310 g/mol. The van der Waals surface area contributed by atoms with E-state index in [1.165, 1.54) is 17.8 Å². The van der Waals surface area contributed by atoms with Crippen molar-refractivity contribution in [3.8, 4) is 6.07 Å². The molecule has 2 aromatic rings. The number of benzene rings is 2. The van der Waals surface area contributed by atoms with E-state index in [1.54, 1.807) is 12.1 Å². The van der Waals surface area contributed by atoms with E-state index >= 15 is 0 Å². The molecule has 2 rings (SSSR count). The van der Waals surface area contributed by atoms with E-state index in [1.807, 2.05) is 53.8 Å². The van der Waals surface area contributed by atoms with E-state index in [4.69, 9.17) is 11.0 Å². The Morgan fingerprint density at radius 3 is 2.39 bits per heavy atom. The lowest BCUT2D eigenvalue weighted by Gasteiger charge is -2.06. The van der Waals surface area contributed by atoms with Gasteiger partial charge in [0.1, 0.15) is 11.6 Å². The number of nitrogens with one attached hydrogen (secondary N) is 1. The summed E-state index contributed by atoms with van der Waals surface area (Å²) in [6.07, 6.45) is 1.43. The maximum atomic E-state index is 11.7. The van der Waals surface area contributed by atoms with Crippen LogP contribution in [-0.2, 0) is 4.79 Å². The second kappa shape index (κ2) is 7.82. The Morgan fingerprint density at radius 2 is 1.74 bits per heavy atom. The Labute approximate surface area is 137 Å². The van der Waals surface area contributed by atoms with Crippen LogP contribution in [0.1, 0.15) is 5.56 Å². The monoisotopic (exact) mass is 323 g/mol. The molecule has 2 aromatic carbocycles. The van der Waals surface area contributed by atoms with E-state index in [2.05, 4.69) is 0 Å². The van der Waals surface area contributed by atoms with Gasteiger partial charge in [0.2, 0.25) is 0 Å². The number of hydrogen-bond donors (Lipinski definition) is 2. The zero-order valence-corrected chi connectivity index (χ0v) is 12.8. The van der Waals surface area contributed by atoms with Crippen molar-refractivity contribution in [2.24, 2.45) is 5.73 Å². The van der Waals surface area contributed by atoms with Crippen LogP contribution >= 0.6 is 11.8 Å². The first-order valence-electron chi connectivity index (χ1n) is 6.64. The zero-order chi connectivity index (χ0) is 16.7. The lowest BCUT2D eigenvalue weighted by molar-refractivity contribution is -0.115. The predicted octanol–water partition coefficient (Wildman–Crippen LogP) is 2.94. The highest BCUT2D eigenvalue weighted by Gasteiger charge is 2.12. The molecular formula is C17H13N3O2S. The summed E-state index contributed by atoms with van der Waals surface area (Å²) in [4.78, 5) is 24.4. The number of nitrogens with two attached hydrogens (primary N) is 1. The highest BCUT2D eigenvalue weighted by atomic mass is 32.2. The maximum absolute atomic E-state index is 11.7. The number of carbonyl (C=O) groups excluding carboxylic acids is 2. The smallest absolute Gasteiger partial charge is 0.319 e. The van der Waals surface area contributed by atoms with Crippen molar-refractivity contribution in [2.75, 3.05) is 0 Å². The molecule has 0 spiro atoms. The Morgan fingerprint density at radius 1 is 1.09 bits per heavy atom. The number of primary amides is 1. The highest BCUT2D eigenvalue weighted by Crippen LogP contribution is 2.31. The molecule has 0 aromatic heterocycles. The van der Waals surface area contributed by atoms with Gasteiger partial charge in [0, 0.05) is 9.79 Å². The van der Waals surface area contributed by atoms with Crippen molar-refractivity contribution < 1.29 is 9.59 Å². The number of hydrogen-bond acceptors (Lipinski definition) is 4. The van der Waals surface area contributed by atoms with Crippen molar-refractivity contribution in [3.63, 3.8) is 0 Å². The molecule has 3 amide bonds. The van der Waals surface area contributed by atoms with Crippen molar-refractivity contribution in [2.45, 2.75) is 9.79 Å². The topological polar surface area (TPSA) is 96.0 Å². The van der Waals surface area contributed by atoms with Crippen LogP contribution in [0.5, 0.6) is 0 Å². The molecule has 0 aliphatic heterocycles. The fourth-order valence-corrected chi connectivity index (χ4v) is 2.73. The molecule has 6 heteroatoms. The summed E-state index contributed by atoms with van der Waals surface area (Å²) in [6.45, 7) is 0.